The second kappa shape index (κ2) is 13.3. The predicted octanol–water partition coefficient (Wildman–Crippen LogP) is 7.97. The molecule has 206 valence electrons. The summed E-state index contributed by atoms with van der Waals surface area (Å²) in [6.45, 7) is 7.88. The maximum atomic E-state index is 12.3. The fraction of sp³-hybridized carbons (Fsp3) is 0.250. The zero-order valence-electron chi connectivity index (χ0n) is 23.7. The van der Waals surface area contributed by atoms with Crippen LogP contribution in [0.2, 0.25) is 0 Å². The summed E-state index contributed by atoms with van der Waals surface area (Å²) in [5.74, 6) is -0.724. The Hall–Kier alpha value is -4.15. The van der Waals surface area contributed by atoms with Crippen molar-refractivity contribution in [2.75, 3.05) is 13.2 Å². The minimum atomic E-state index is -1.05. The molecule has 40 heavy (non-hydrogen) atoms. The topological polar surface area (TPSA) is 66.8 Å². The Balaban J connectivity index is 2.08. The Morgan fingerprint density at radius 2 is 1.07 bits per heavy atom. The number of aliphatic carboxylic acids is 1. The van der Waals surface area contributed by atoms with Gasteiger partial charge in [0.1, 0.15) is 12.4 Å². The first-order valence-electron chi connectivity index (χ1n) is 13.8. The molecule has 0 fully saturated rings. The lowest BCUT2D eigenvalue weighted by Gasteiger charge is -2.28. The average Bonchev–Trinajstić information content (AvgIpc) is 3.01. The maximum absolute atomic E-state index is 12.3. The summed E-state index contributed by atoms with van der Waals surface area (Å²) in [6, 6.07) is 35.3. The molecule has 0 aliphatic carbocycles. The number of aliphatic hydroxyl groups excluding tert-OH is 1. The van der Waals surface area contributed by atoms with Crippen LogP contribution in [0.1, 0.15) is 84.4 Å². The summed E-state index contributed by atoms with van der Waals surface area (Å²) in [7, 11) is 0. The Labute approximate surface area is 237 Å². The Morgan fingerprint density at radius 3 is 1.45 bits per heavy atom. The number of hydrogen-bond donors (Lipinski definition) is 2. The maximum Gasteiger partial charge on any atom is 0.335 e. The van der Waals surface area contributed by atoms with Crippen LogP contribution in [-0.2, 0) is 9.53 Å². The average molecular weight is 535 g/mol. The SMILES string of the molecule is CC(C(=O)O)=C(OCCO)c1c(C(C)c2ccccc2)cc(C(C)c2ccccc2)cc1C(C)c1ccccc1. The molecule has 0 aliphatic heterocycles. The van der Waals surface area contributed by atoms with Crippen LogP contribution in [0.4, 0.5) is 0 Å². The van der Waals surface area contributed by atoms with E-state index in [1.807, 2.05) is 42.5 Å². The van der Waals surface area contributed by atoms with Gasteiger partial charge in [-0.05, 0) is 40.3 Å². The van der Waals surface area contributed by atoms with Crippen LogP contribution in [0.25, 0.3) is 5.76 Å². The zero-order valence-corrected chi connectivity index (χ0v) is 23.7. The predicted molar refractivity (Wildman–Crippen MR) is 162 cm³/mol. The van der Waals surface area contributed by atoms with E-state index in [0.717, 1.165) is 33.4 Å². The molecular formula is C36H38O4. The van der Waals surface area contributed by atoms with Gasteiger partial charge in [0, 0.05) is 23.3 Å². The van der Waals surface area contributed by atoms with Crippen molar-refractivity contribution in [3.05, 3.63) is 148 Å². The van der Waals surface area contributed by atoms with Crippen LogP contribution < -0.4 is 0 Å². The Kier molecular flexibility index (Phi) is 9.57. The van der Waals surface area contributed by atoms with E-state index in [2.05, 4.69) is 81.4 Å². The normalized spacial score (nSPS) is 14.1. The van der Waals surface area contributed by atoms with E-state index in [1.54, 1.807) is 6.92 Å². The van der Waals surface area contributed by atoms with Crippen LogP contribution >= 0.6 is 0 Å². The Bertz CT molecular complexity index is 1380. The Morgan fingerprint density at radius 1 is 0.675 bits per heavy atom. The van der Waals surface area contributed by atoms with E-state index in [9.17, 15) is 15.0 Å². The highest BCUT2D eigenvalue weighted by molar-refractivity contribution is 5.95. The number of ether oxygens (including phenoxy) is 1. The van der Waals surface area contributed by atoms with Crippen molar-refractivity contribution >= 4 is 11.7 Å². The molecule has 4 nitrogen and oxygen atoms in total. The van der Waals surface area contributed by atoms with Crippen molar-refractivity contribution in [1.29, 1.82) is 0 Å². The van der Waals surface area contributed by atoms with Crippen molar-refractivity contribution in [3.63, 3.8) is 0 Å². The first kappa shape index (κ1) is 28.8. The number of benzene rings is 4. The lowest BCUT2D eigenvalue weighted by Crippen LogP contribution is -2.15. The molecule has 4 aromatic carbocycles. The molecule has 0 aromatic heterocycles. The first-order valence-corrected chi connectivity index (χ1v) is 13.8. The minimum absolute atomic E-state index is 0.000435. The van der Waals surface area contributed by atoms with Gasteiger partial charge in [-0.2, -0.15) is 0 Å². The second-order valence-electron chi connectivity index (χ2n) is 10.3. The van der Waals surface area contributed by atoms with Crippen molar-refractivity contribution in [2.24, 2.45) is 0 Å². The molecule has 0 bridgehead atoms. The molecule has 4 heteroatoms. The van der Waals surface area contributed by atoms with E-state index < -0.39 is 5.97 Å². The van der Waals surface area contributed by atoms with Gasteiger partial charge >= 0.3 is 5.97 Å². The van der Waals surface area contributed by atoms with Crippen LogP contribution in [0.5, 0.6) is 0 Å². The number of carbonyl (C=O) groups is 1. The fourth-order valence-corrected chi connectivity index (χ4v) is 5.30. The molecule has 0 radical (unpaired) electrons. The number of rotatable bonds is 11. The van der Waals surface area contributed by atoms with E-state index in [-0.39, 0.29) is 36.5 Å². The van der Waals surface area contributed by atoms with Gasteiger partial charge in [0.2, 0.25) is 0 Å². The number of carboxylic acids is 1. The van der Waals surface area contributed by atoms with Crippen LogP contribution in [0.3, 0.4) is 0 Å². The van der Waals surface area contributed by atoms with Crippen LogP contribution in [0, 0.1) is 0 Å². The van der Waals surface area contributed by atoms with Crippen molar-refractivity contribution in [2.45, 2.75) is 45.4 Å². The number of aliphatic hydroxyl groups is 1. The summed E-state index contributed by atoms with van der Waals surface area (Å²) in [6.07, 6.45) is 0. The van der Waals surface area contributed by atoms with Gasteiger partial charge in [-0.15, -0.1) is 0 Å². The van der Waals surface area contributed by atoms with Crippen LogP contribution in [-0.4, -0.2) is 29.4 Å². The van der Waals surface area contributed by atoms with Gasteiger partial charge in [-0.25, -0.2) is 4.79 Å². The third-order valence-corrected chi connectivity index (χ3v) is 7.78. The molecule has 0 aliphatic rings. The highest BCUT2D eigenvalue weighted by Crippen LogP contribution is 2.42. The monoisotopic (exact) mass is 534 g/mol. The van der Waals surface area contributed by atoms with E-state index >= 15 is 0 Å². The molecule has 0 saturated carbocycles. The molecule has 0 spiro atoms. The van der Waals surface area contributed by atoms with E-state index in [1.165, 1.54) is 5.56 Å². The molecule has 3 unspecified atom stereocenters. The van der Waals surface area contributed by atoms with Gasteiger partial charge in [-0.3, -0.25) is 0 Å². The van der Waals surface area contributed by atoms with Gasteiger partial charge in [-0.1, -0.05) is 124 Å². The summed E-state index contributed by atoms with van der Waals surface area (Å²) >= 11 is 0. The lowest BCUT2D eigenvalue weighted by atomic mass is 9.78. The minimum Gasteiger partial charge on any atom is -0.490 e. The zero-order chi connectivity index (χ0) is 28.6. The third kappa shape index (κ3) is 6.35. The van der Waals surface area contributed by atoms with E-state index in [0.29, 0.717) is 5.76 Å². The molecule has 0 heterocycles. The summed E-state index contributed by atoms with van der Waals surface area (Å²) < 4.78 is 6.09. The van der Waals surface area contributed by atoms with Crippen molar-refractivity contribution < 1.29 is 19.7 Å². The molecule has 4 aromatic rings. The first-order chi connectivity index (χ1) is 19.3. The number of hydrogen-bond acceptors (Lipinski definition) is 3. The van der Waals surface area contributed by atoms with Gasteiger partial charge in [0.05, 0.1) is 12.2 Å². The molecule has 4 rings (SSSR count). The van der Waals surface area contributed by atoms with Crippen molar-refractivity contribution in [1.82, 2.24) is 0 Å². The quantitative estimate of drug-likeness (QED) is 0.151. The number of carboxylic acid groups (broad SMARTS) is 1. The molecule has 2 N–H and O–H groups in total. The highest BCUT2D eigenvalue weighted by atomic mass is 16.5. The van der Waals surface area contributed by atoms with Crippen molar-refractivity contribution in [3.8, 4) is 0 Å². The molecular weight excluding hydrogens is 496 g/mol. The van der Waals surface area contributed by atoms with Gasteiger partial charge in [0.25, 0.3) is 0 Å². The summed E-state index contributed by atoms with van der Waals surface area (Å²) in [5, 5.41) is 19.7. The lowest BCUT2D eigenvalue weighted by molar-refractivity contribution is -0.132. The van der Waals surface area contributed by atoms with Gasteiger partial charge in [0.15, 0.2) is 0 Å². The fourth-order valence-electron chi connectivity index (χ4n) is 5.30. The molecule has 0 amide bonds. The van der Waals surface area contributed by atoms with Gasteiger partial charge < -0.3 is 14.9 Å². The highest BCUT2D eigenvalue weighted by Gasteiger charge is 2.28. The molecule has 3 atom stereocenters. The summed E-state index contributed by atoms with van der Waals surface area (Å²) in [4.78, 5) is 12.3. The largest absolute Gasteiger partial charge is 0.490 e. The van der Waals surface area contributed by atoms with Crippen LogP contribution in [0.15, 0.2) is 109 Å². The molecule has 0 saturated heterocycles. The standard InChI is InChI=1S/C36H38O4/c1-24(28-14-8-5-9-15-28)31-22-32(25(2)29-16-10-6-11-17-29)34(35(40-21-20-37)27(4)36(38)39)33(23-31)26(3)30-18-12-7-13-19-30/h5-19,22-26,37H,20-21H2,1-4H3,(H,38,39). The summed E-state index contributed by atoms with van der Waals surface area (Å²) in [5.41, 5.74) is 7.50. The second-order valence-corrected chi connectivity index (χ2v) is 10.3. The third-order valence-electron chi connectivity index (χ3n) is 7.78. The smallest absolute Gasteiger partial charge is 0.335 e. The van der Waals surface area contributed by atoms with E-state index in [4.69, 9.17) is 4.74 Å².